The third-order valence-electron chi connectivity index (χ3n) is 5.52. The Labute approximate surface area is 153 Å². The van der Waals surface area contributed by atoms with Crippen molar-refractivity contribution < 1.29 is 4.79 Å². The molecule has 1 aromatic carbocycles. The van der Waals surface area contributed by atoms with Crippen molar-refractivity contribution in [3.8, 4) is 0 Å². The molecule has 3 nitrogen and oxygen atoms in total. The molecule has 0 aromatic heterocycles. The third kappa shape index (κ3) is 3.92. The molecule has 0 atom stereocenters. The minimum absolute atomic E-state index is 0. The van der Waals surface area contributed by atoms with Gasteiger partial charge in [-0.25, -0.2) is 0 Å². The highest BCUT2D eigenvalue weighted by Crippen LogP contribution is 2.44. The van der Waals surface area contributed by atoms with Crippen molar-refractivity contribution in [2.45, 2.75) is 44.4 Å². The first-order chi connectivity index (χ1) is 10.5. The van der Waals surface area contributed by atoms with Gasteiger partial charge in [0, 0.05) is 11.0 Å². The summed E-state index contributed by atoms with van der Waals surface area (Å²) < 4.78 is 1.06. The number of carbonyl (C=O) groups excluding carboxylic acids is 1. The van der Waals surface area contributed by atoms with E-state index in [1.165, 1.54) is 0 Å². The van der Waals surface area contributed by atoms with Crippen molar-refractivity contribution >= 4 is 34.2 Å². The first kappa shape index (κ1) is 18.8. The first-order valence-electron chi connectivity index (χ1n) is 8.29. The monoisotopic (exact) mass is 400 g/mol. The summed E-state index contributed by atoms with van der Waals surface area (Å²) in [5, 5.41) is 6.66. The van der Waals surface area contributed by atoms with Gasteiger partial charge < -0.3 is 10.6 Å². The van der Waals surface area contributed by atoms with E-state index in [4.69, 9.17) is 0 Å². The highest BCUT2D eigenvalue weighted by molar-refractivity contribution is 9.10. The predicted molar refractivity (Wildman–Crippen MR) is 100 cm³/mol. The van der Waals surface area contributed by atoms with E-state index in [1.54, 1.807) is 0 Å². The predicted octanol–water partition coefficient (Wildman–Crippen LogP) is 3.80. The van der Waals surface area contributed by atoms with Crippen LogP contribution in [-0.4, -0.2) is 25.5 Å². The molecule has 1 aliphatic heterocycles. The number of hydrogen-bond acceptors (Lipinski definition) is 2. The summed E-state index contributed by atoms with van der Waals surface area (Å²) >= 11 is 3.47. The van der Waals surface area contributed by atoms with Gasteiger partial charge in [0.2, 0.25) is 5.91 Å². The lowest BCUT2D eigenvalue weighted by molar-refractivity contribution is -0.130. The van der Waals surface area contributed by atoms with E-state index >= 15 is 0 Å². The normalized spacial score (nSPS) is 21.7. The summed E-state index contributed by atoms with van der Waals surface area (Å²) in [5.41, 5.74) is 1.12. The number of halogens is 2. The van der Waals surface area contributed by atoms with Crippen LogP contribution in [0.1, 0.15) is 44.6 Å². The molecule has 0 unspecified atom stereocenters. The van der Waals surface area contributed by atoms with Gasteiger partial charge in [-0.2, -0.15) is 0 Å². The van der Waals surface area contributed by atoms with Crippen LogP contribution in [0.15, 0.2) is 28.7 Å². The SMILES string of the molecule is CC1(CNC(=O)C2(c3ccc(Br)cc3)CCC2)CCNCC1.Cl. The zero-order valence-electron chi connectivity index (χ0n) is 13.7. The summed E-state index contributed by atoms with van der Waals surface area (Å²) in [5.74, 6) is 0.223. The zero-order valence-corrected chi connectivity index (χ0v) is 16.1. The zero-order chi connectivity index (χ0) is 15.6. The summed E-state index contributed by atoms with van der Waals surface area (Å²) in [7, 11) is 0. The van der Waals surface area contributed by atoms with Crippen molar-refractivity contribution in [1.82, 2.24) is 10.6 Å². The van der Waals surface area contributed by atoms with E-state index in [9.17, 15) is 4.79 Å². The average molecular weight is 402 g/mol. The van der Waals surface area contributed by atoms with Crippen molar-refractivity contribution in [2.24, 2.45) is 5.41 Å². The van der Waals surface area contributed by atoms with Crippen LogP contribution in [0.25, 0.3) is 0 Å². The number of nitrogens with one attached hydrogen (secondary N) is 2. The quantitative estimate of drug-likeness (QED) is 0.806. The molecular weight excluding hydrogens is 376 g/mol. The van der Waals surface area contributed by atoms with Crippen LogP contribution in [-0.2, 0) is 10.2 Å². The molecule has 2 N–H and O–H groups in total. The standard InChI is InChI=1S/C18H25BrN2O.ClH/c1-17(9-11-20-12-10-17)13-21-16(22)18(7-2-8-18)14-3-5-15(19)6-4-14;/h3-6,20H,2,7-13H2,1H3,(H,21,22);1H. The van der Waals surface area contributed by atoms with E-state index < -0.39 is 0 Å². The van der Waals surface area contributed by atoms with Gasteiger partial charge in [0.25, 0.3) is 0 Å². The molecule has 1 saturated heterocycles. The van der Waals surface area contributed by atoms with Crippen molar-refractivity contribution in [3.63, 3.8) is 0 Å². The number of hydrogen-bond donors (Lipinski definition) is 2. The van der Waals surface area contributed by atoms with E-state index in [-0.39, 0.29) is 29.1 Å². The topological polar surface area (TPSA) is 41.1 Å². The summed E-state index contributed by atoms with van der Waals surface area (Å²) in [6.07, 6.45) is 5.36. The van der Waals surface area contributed by atoms with E-state index in [1.807, 2.05) is 12.1 Å². The highest BCUT2D eigenvalue weighted by Gasteiger charge is 2.45. The maximum absolute atomic E-state index is 12.9. The molecule has 1 aromatic rings. The molecule has 1 aliphatic carbocycles. The molecule has 3 rings (SSSR count). The molecule has 0 spiro atoms. The van der Waals surface area contributed by atoms with Crippen LogP contribution >= 0.6 is 28.3 Å². The fraction of sp³-hybridized carbons (Fsp3) is 0.611. The Morgan fingerprint density at radius 3 is 2.30 bits per heavy atom. The van der Waals surface area contributed by atoms with Gasteiger partial charge in [0.15, 0.2) is 0 Å². The molecule has 1 heterocycles. The number of amides is 1. The summed E-state index contributed by atoms with van der Waals surface area (Å²) in [6, 6.07) is 8.26. The minimum atomic E-state index is -0.288. The minimum Gasteiger partial charge on any atom is -0.355 e. The summed E-state index contributed by atoms with van der Waals surface area (Å²) in [4.78, 5) is 12.9. The lowest BCUT2D eigenvalue weighted by atomic mass is 9.63. The number of carbonyl (C=O) groups is 1. The van der Waals surface area contributed by atoms with Crippen LogP contribution in [0.4, 0.5) is 0 Å². The van der Waals surface area contributed by atoms with Gasteiger partial charge in [-0.1, -0.05) is 41.4 Å². The maximum Gasteiger partial charge on any atom is 0.230 e. The van der Waals surface area contributed by atoms with Crippen molar-refractivity contribution in [2.75, 3.05) is 19.6 Å². The smallest absolute Gasteiger partial charge is 0.230 e. The second-order valence-electron chi connectivity index (χ2n) is 7.19. The van der Waals surface area contributed by atoms with Gasteiger partial charge in [0.1, 0.15) is 0 Å². The summed E-state index contributed by atoms with van der Waals surface area (Å²) in [6.45, 7) is 5.21. The fourth-order valence-corrected chi connectivity index (χ4v) is 3.88. The number of benzene rings is 1. The van der Waals surface area contributed by atoms with E-state index in [0.29, 0.717) is 0 Å². The number of rotatable bonds is 4. The Hall–Kier alpha value is -0.580. The Bertz CT molecular complexity index is 536. The molecule has 1 amide bonds. The van der Waals surface area contributed by atoms with Crippen molar-refractivity contribution in [1.29, 1.82) is 0 Å². The molecule has 2 fully saturated rings. The molecule has 1 saturated carbocycles. The molecule has 0 bridgehead atoms. The van der Waals surface area contributed by atoms with Gasteiger partial charge in [-0.3, -0.25) is 4.79 Å². The first-order valence-corrected chi connectivity index (χ1v) is 9.09. The second kappa shape index (κ2) is 7.54. The molecule has 2 aliphatic rings. The van der Waals surface area contributed by atoms with Crippen molar-refractivity contribution in [3.05, 3.63) is 34.3 Å². The Balaban J connectivity index is 0.00000192. The Kier molecular flexibility index (Phi) is 6.15. The van der Waals surface area contributed by atoms with Gasteiger partial charge in [0.05, 0.1) is 5.41 Å². The fourth-order valence-electron chi connectivity index (χ4n) is 3.62. The molecule has 0 radical (unpaired) electrons. The lowest BCUT2D eigenvalue weighted by Crippen LogP contribution is -2.52. The molecular formula is C18H26BrClN2O. The van der Waals surface area contributed by atoms with E-state index in [0.717, 1.165) is 61.8 Å². The Morgan fingerprint density at radius 2 is 1.78 bits per heavy atom. The average Bonchev–Trinajstić information content (AvgIpc) is 2.47. The lowest BCUT2D eigenvalue weighted by Gasteiger charge is -2.42. The van der Waals surface area contributed by atoms with Crippen LogP contribution in [0.2, 0.25) is 0 Å². The molecule has 5 heteroatoms. The van der Waals surface area contributed by atoms with Gasteiger partial charge in [-0.15, -0.1) is 12.4 Å². The molecule has 128 valence electrons. The van der Waals surface area contributed by atoms with Crippen LogP contribution in [0.3, 0.4) is 0 Å². The van der Waals surface area contributed by atoms with Crippen LogP contribution in [0, 0.1) is 5.41 Å². The number of piperidine rings is 1. The van der Waals surface area contributed by atoms with Crippen LogP contribution < -0.4 is 10.6 Å². The van der Waals surface area contributed by atoms with Gasteiger partial charge in [-0.05, 0) is 61.9 Å². The van der Waals surface area contributed by atoms with Gasteiger partial charge >= 0.3 is 0 Å². The third-order valence-corrected chi connectivity index (χ3v) is 6.05. The van der Waals surface area contributed by atoms with Crippen LogP contribution in [0.5, 0.6) is 0 Å². The second-order valence-corrected chi connectivity index (χ2v) is 8.10. The highest BCUT2D eigenvalue weighted by atomic mass is 79.9. The largest absolute Gasteiger partial charge is 0.355 e. The molecule has 23 heavy (non-hydrogen) atoms. The maximum atomic E-state index is 12.9. The Morgan fingerprint density at radius 1 is 1.17 bits per heavy atom. The van der Waals surface area contributed by atoms with E-state index in [2.05, 4.69) is 45.6 Å².